The summed E-state index contributed by atoms with van der Waals surface area (Å²) in [6.07, 6.45) is 1.35. The molecule has 2 aromatic carbocycles. The molecule has 2 N–H and O–H groups in total. The van der Waals surface area contributed by atoms with Gasteiger partial charge in [0, 0.05) is 11.3 Å². The molecule has 0 aliphatic heterocycles. The molecule has 0 fully saturated rings. The molecule has 2 amide bonds. The maximum atomic E-state index is 12.0. The summed E-state index contributed by atoms with van der Waals surface area (Å²) in [4.78, 5) is 24.0. The maximum absolute atomic E-state index is 12.0. The van der Waals surface area contributed by atoms with Crippen molar-refractivity contribution in [2.24, 2.45) is 5.10 Å². The van der Waals surface area contributed by atoms with Crippen LogP contribution in [0.2, 0.25) is 0 Å². The number of carbonyl (C=O) groups is 2. The number of nitrogens with zero attached hydrogens (tertiary/aromatic N) is 1. The van der Waals surface area contributed by atoms with Gasteiger partial charge in [-0.1, -0.05) is 6.07 Å². The fourth-order valence-corrected chi connectivity index (χ4v) is 2.44. The van der Waals surface area contributed by atoms with Gasteiger partial charge in [0.05, 0.1) is 27.5 Å². The van der Waals surface area contributed by atoms with Gasteiger partial charge in [0.2, 0.25) is 5.75 Å². The quantitative estimate of drug-likeness (QED) is 0.452. The molecule has 8 heteroatoms. The van der Waals surface area contributed by atoms with Gasteiger partial charge in [-0.05, 0) is 49.2 Å². The number of amides is 2. The molecule has 0 heterocycles. The number of hydrazone groups is 1. The Bertz CT molecular complexity index is 909. The number of hydrogen-bond acceptors (Lipinski definition) is 6. The molecule has 0 aromatic heterocycles. The molecular weight excluding hydrogens is 362 g/mol. The molecule has 0 unspecified atom stereocenters. The van der Waals surface area contributed by atoms with Crippen molar-refractivity contribution in [2.45, 2.75) is 13.8 Å². The molecule has 0 saturated carbocycles. The molecule has 0 radical (unpaired) electrons. The third-order valence-electron chi connectivity index (χ3n) is 4.08. The van der Waals surface area contributed by atoms with Crippen LogP contribution < -0.4 is 25.0 Å². The Morgan fingerprint density at radius 1 is 0.893 bits per heavy atom. The summed E-state index contributed by atoms with van der Waals surface area (Å²) >= 11 is 0. The van der Waals surface area contributed by atoms with Gasteiger partial charge < -0.3 is 19.5 Å². The van der Waals surface area contributed by atoms with Gasteiger partial charge in [0.15, 0.2) is 11.5 Å². The summed E-state index contributed by atoms with van der Waals surface area (Å²) in [5, 5.41) is 6.34. The first kappa shape index (κ1) is 20.8. The first-order valence-electron chi connectivity index (χ1n) is 8.41. The minimum Gasteiger partial charge on any atom is -0.493 e. The average molecular weight is 385 g/mol. The van der Waals surface area contributed by atoms with Crippen molar-refractivity contribution in [3.63, 3.8) is 0 Å². The van der Waals surface area contributed by atoms with E-state index >= 15 is 0 Å². The molecule has 8 nitrogen and oxygen atoms in total. The highest BCUT2D eigenvalue weighted by atomic mass is 16.5. The second-order valence-corrected chi connectivity index (χ2v) is 5.88. The smallest absolute Gasteiger partial charge is 0.329 e. The largest absolute Gasteiger partial charge is 0.493 e. The van der Waals surface area contributed by atoms with Crippen molar-refractivity contribution >= 4 is 23.7 Å². The first-order valence-corrected chi connectivity index (χ1v) is 8.41. The molecule has 0 bridgehead atoms. The second-order valence-electron chi connectivity index (χ2n) is 5.88. The highest BCUT2D eigenvalue weighted by Crippen LogP contribution is 2.38. The van der Waals surface area contributed by atoms with E-state index in [-0.39, 0.29) is 0 Å². The normalized spacial score (nSPS) is 10.5. The van der Waals surface area contributed by atoms with Gasteiger partial charge in [0.1, 0.15) is 0 Å². The number of ether oxygens (including phenoxy) is 3. The van der Waals surface area contributed by atoms with Gasteiger partial charge in [-0.25, -0.2) is 5.43 Å². The van der Waals surface area contributed by atoms with E-state index in [1.165, 1.54) is 27.5 Å². The van der Waals surface area contributed by atoms with Crippen molar-refractivity contribution in [3.8, 4) is 17.2 Å². The van der Waals surface area contributed by atoms with E-state index in [2.05, 4.69) is 15.8 Å². The molecule has 148 valence electrons. The molecule has 0 saturated heterocycles. The lowest BCUT2D eigenvalue weighted by atomic mass is 10.1. The zero-order valence-electron chi connectivity index (χ0n) is 16.5. The predicted molar refractivity (Wildman–Crippen MR) is 106 cm³/mol. The van der Waals surface area contributed by atoms with E-state index in [1.807, 2.05) is 19.9 Å². The van der Waals surface area contributed by atoms with Crippen LogP contribution >= 0.6 is 0 Å². The van der Waals surface area contributed by atoms with Crippen LogP contribution in [0.3, 0.4) is 0 Å². The van der Waals surface area contributed by atoms with Gasteiger partial charge in [-0.15, -0.1) is 0 Å². The highest BCUT2D eigenvalue weighted by molar-refractivity contribution is 6.39. The lowest BCUT2D eigenvalue weighted by Gasteiger charge is -2.13. The first-order chi connectivity index (χ1) is 13.4. The van der Waals surface area contributed by atoms with E-state index in [4.69, 9.17) is 14.2 Å². The molecule has 28 heavy (non-hydrogen) atoms. The van der Waals surface area contributed by atoms with E-state index in [0.29, 0.717) is 28.5 Å². The summed E-state index contributed by atoms with van der Waals surface area (Å²) in [6, 6.07) is 8.75. The van der Waals surface area contributed by atoms with Crippen LogP contribution in [-0.2, 0) is 9.59 Å². The monoisotopic (exact) mass is 385 g/mol. The van der Waals surface area contributed by atoms with E-state index in [1.54, 1.807) is 24.3 Å². The van der Waals surface area contributed by atoms with Crippen LogP contribution in [0.25, 0.3) is 0 Å². The topological polar surface area (TPSA) is 98.2 Å². The Morgan fingerprint density at radius 2 is 1.61 bits per heavy atom. The summed E-state index contributed by atoms with van der Waals surface area (Å²) in [5.74, 6) is -0.436. The van der Waals surface area contributed by atoms with Crippen LogP contribution in [-0.4, -0.2) is 39.4 Å². The Hall–Kier alpha value is -3.55. The Kier molecular flexibility index (Phi) is 6.97. The average Bonchev–Trinajstić information content (AvgIpc) is 2.69. The number of rotatable bonds is 6. The van der Waals surface area contributed by atoms with E-state index in [9.17, 15) is 9.59 Å². The summed E-state index contributed by atoms with van der Waals surface area (Å²) in [7, 11) is 4.48. The highest BCUT2D eigenvalue weighted by Gasteiger charge is 2.16. The summed E-state index contributed by atoms with van der Waals surface area (Å²) in [5.41, 5.74) is 5.36. The number of aryl methyl sites for hydroxylation is 2. The van der Waals surface area contributed by atoms with Crippen molar-refractivity contribution in [2.75, 3.05) is 26.6 Å². The van der Waals surface area contributed by atoms with Crippen molar-refractivity contribution in [3.05, 3.63) is 47.0 Å². The molecule has 0 aliphatic carbocycles. The molecular formula is C20H23N3O5. The molecule has 0 aliphatic rings. The molecule has 2 aromatic rings. The Labute approximate surface area is 163 Å². The number of benzene rings is 2. The number of anilines is 1. The fraction of sp³-hybridized carbons (Fsp3) is 0.250. The van der Waals surface area contributed by atoms with Gasteiger partial charge in [-0.3, -0.25) is 9.59 Å². The van der Waals surface area contributed by atoms with Crippen LogP contribution in [0.15, 0.2) is 35.4 Å². The SMILES string of the molecule is COc1ccc(/C=N\NC(=O)C(=O)Nc2ccc(C)c(C)c2)c(OC)c1OC. The molecule has 0 spiro atoms. The summed E-state index contributed by atoms with van der Waals surface area (Å²) < 4.78 is 15.8. The lowest BCUT2D eigenvalue weighted by Crippen LogP contribution is -2.32. The van der Waals surface area contributed by atoms with Crippen molar-refractivity contribution in [1.29, 1.82) is 0 Å². The Balaban J connectivity index is 2.06. The minimum atomic E-state index is -0.895. The van der Waals surface area contributed by atoms with E-state index < -0.39 is 11.8 Å². The van der Waals surface area contributed by atoms with Crippen molar-refractivity contribution in [1.82, 2.24) is 5.43 Å². The van der Waals surface area contributed by atoms with Crippen LogP contribution in [0.5, 0.6) is 17.2 Å². The number of nitrogens with one attached hydrogen (secondary N) is 2. The van der Waals surface area contributed by atoms with Crippen LogP contribution in [0.1, 0.15) is 16.7 Å². The molecule has 2 rings (SSSR count). The third-order valence-corrected chi connectivity index (χ3v) is 4.08. The number of hydrogen-bond donors (Lipinski definition) is 2. The fourth-order valence-electron chi connectivity index (χ4n) is 2.44. The predicted octanol–water partition coefficient (Wildman–Crippen LogP) is 2.42. The minimum absolute atomic E-state index is 0.388. The second kappa shape index (κ2) is 9.40. The maximum Gasteiger partial charge on any atom is 0.329 e. The van der Waals surface area contributed by atoms with E-state index in [0.717, 1.165) is 11.1 Å². The zero-order valence-corrected chi connectivity index (χ0v) is 16.5. The zero-order chi connectivity index (χ0) is 20.7. The van der Waals surface area contributed by atoms with Crippen LogP contribution in [0.4, 0.5) is 5.69 Å². The molecule has 0 atom stereocenters. The third kappa shape index (κ3) is 4.79. The Morgan fingerprint density at radius 3 is 2.21 bits per heavy atom. The van der Waals surface area contributed by atoms with Gasteiger partial charge in [0.25, 0.3) is 0 Å². The lowest BCUT2D eigenvalue weighted by molar-refractivity contribution is -0.136. The van der Waals surface area contributed by atoms with Crippen LogP contribution in [0, 0.1) is 13.8 Å². The summed E-state index contributed by atoms with van der Waals surface area (Å²) in [6.45, 7) is 3.89. The van der Waals surface area contributed by atoms with Crippen molar-refractivity contribution < 1.29 is 23.8 Å². The number of carbonyl (C=O) groups excluding carboxylic acids is 2. The van der Waals surface area contributed by atoms with Gasteiger partial charge in [-0.2, -0.15) is 5.10 Å². The van der Waals surface area contributed by atoms with Gasteiger partial charge >= 0.3 is 11.8 Å². The standard InChI is InChI=1S/C20H23N3O5/c1-12-6-8-15(10-13(12)2)22-19(24)20(25)23-21-11-14-7-9-16(26-3)18(28-5)17(14)27-4/h6-11H,1-5H3,(H,22,24)(H,23,25)/b21-11-. The number of methoxy groups -OCH3 is 3.